The first-order valence-electron chi connectivity index (χ1n) is 6.23. The Balaban J connectivity index is 2.24. The zero-order valence-corrected chi connectivity index (χ0v) is 13.7. The molecular weight excluding hydrogens is 315 g/mol. The lowest BCUT2D eigenvalue weighted by Gasteiger charge is -2.19. The molecule has 2 aromatic rings. The Hall–Kier alpha value is -0.473. The summed E-state index contributed by atoms with van der Waals surface area (Å²) in [5.41, 5.74) is 2.55. The molecule has 0 saturated heterocycles. The van der Waals surface area contributed by atoms with Gasteiger partial charge in [0.1, 0.15) is 0 Å². The first kappa shape index (κ1) is 14.9. The zero-order valence-electron chi connectivity index (χ0n) is 10.4. The highest BCUT2D eigenvalue weighted by molar-refractivity contribution is 7.64. The van der Waals surface area contributed by atoms with E-state index in [4.69, 9.17) is 33.2 Å². The van der Waals surface area contributed by atoms with Crippen LogP contribution < -0.4 is 0 Å². The molecule has 0 amide bonds. The average molecular weight is 330 g/mol. The van der Waals surface area contributed by atoms with Crippen LogP contribution >= 0.6 is 33.2 Å². The van der Waals surface area contributed by atoms with Gasteiger partial charge < -0.3 is 0 Å². The van der Waals surface area contributed by atoms with Crippen molar-refractivity contribution in [3.05, 3.63) is 71.8 Å². The molecule has 0 bridgehead atoms. The predicted molar refractivity (Wildman–Crippen MR) is 87.5 cm³/mol. The molecule has 0 aromatic heterocycles. The molecule has 4 heteroatoms. The summed E-state index contributed by atoms with van der Waals surface area (Å²) in [6.07, 6.45) is 0.872. The first-order valence-corrected chi connectivity index (χ1v) is 11.5. The van der Waals surface area contributed by atoms with Crippen molar-refractivity contribution in [1.29, 1.82) is 0 Å². The summed E-state index contributed by atoms with van der Waals surface area (Å²) in [4.78, 5) is 0. The number of benzene rings is 2. The molecule has 0 fully saturated rings. The van der Waals surface area contributed by atoms with E-state index in [1.54, 1.807) is 0 Å². The van der Waals surface area contributed by atoms with Gasteiger partial charge in [0, 0.05) is 5.92 Å². The van der Waals surface area contributed by atoms with Gasteiger partial charge in [0.15, 0.2) is 0 Å². The van der Waals surface area contributed by atoms with Crippen molar-refractivity contribution in [3.63, 3.8) is 0 Å². The summed E-state index contributed by atoms with van der Waals surface area (Å²) >= 11 is 18.1. The molecule has 0 saturated carbocycles. The van der Waals surface area contributed by atoms with Crippen molar-refractivity contribution < 1.29 is 0 Å². The summed E-state index contributed by atoms with van der Waals surface area (Å²) in [6, 6.07) is 18.9. The Morgan fingerprint density at radius 1 is 0.737 bits per heavy atom. The van der Waals surface area contributed by atoms with Gasteiger partial charge in [-0.05, 0) is 23.6 Å². The lowest BCUT2D eigenvalue weighted by atomic mass is 9.89. The Bertz CT molecular complexity index is 454. The molecule has 2 aromatic carbocycles. The van der Waals surface area contributed by atoms with Crippen molar-refractivity contribution in [1.82, 2.24) is 0 Å². The third kappa shape index (κ3) is 4.85. The third-order valence-electron chi connectivity index (χ3n) is 3.12. The normalized spacial score (nSPS) is 11.8. The largest absolute Gasteiger partial charge is 0.341 e. The quantitative estimate of drug-likeness (QED) is 0.476. The van der Waals surface area contributed by atoms with E-state index >= 15 is 0 Å². The summed E-state index contributed by atoms with van der Waals surface area (Å²) in [7, 11) is 0. The zero-order chi connectivity index (χ0) is 13.7. The number of halogens is 3. The van der Waals surface area contributed by atoms with Crippen LogP contribution in [-0.2, 0) is 0 Å². The van der Waals surface area contributed by atoms with Gasteiger partial charge >= 0.3 is 6.00 Å². The van der Waals surface area contributed by atoms with E-state index in [0.717, 1.165) is 6.42 Å². The minimum absolute atomic E-state index is 0.297. The monoisotopic (exact) mass is 328 g/mol. The average Bonchev–Trinajstić information content (AvgIpc) is 2.40. The van der Waals surface area contributed by atoms with Gasteiger partial charge in [0.25, 0.3) is 0 Å². The second-order valence-electron chi connectivity index (χ2n) is 4.53. The Labute approximate surface area is 129 Å². The van der Waals surface area contributed by atoms with Gasteiger partial charge in [0.2, 0.25) is 0 Å². The van der Waals surface area contributed by atoms with Crippen LogP contribution in [0.5, 0.6) is 0 Å². The summed E-state index contributed by atoms with van der Waals surface area (Å²) in [5, 5.41) is 0. The lowest BCUT2D eigenvalue weighted by Crippen LogP contribution is -2.12. The van der Waals surface area contributed by atoms with E-state index in [1.807, 2.05) is 12.1 Å². The molecule has 0 unspecified atom stereocenters. The Kier molecular flexibility index (Phi) is 5.34. The van der Waals surface area contributed by atoms with Gasteiger partial charge in [-0.2, -0.15) is 0 Å². The summed E-state index contributed by atoms with van der Waals surface area (Å²) in [6.45, 7) is 0. The second kappa shape index (κ2) is 6.80. The van der Waals surface area contributed by atoms with Crippen LogP contribution in [0, 0.1) is 0 Å². The highest BCUT2D eigenvalue weighted by atomic mass is 35.8. The highest BCUT2D eigenvalue weighted by Gasteiger charge is 2.27. The maximum Gasteiger partial charge on any atom is 0.341 e. The van der Waals surface area contributed by atoms with Gasteiger partial charge in [-0.1, -0.05) is 60.7 Å². The Morgan fingerprint density at radius 2 is 1.16 bits per heavy atom. The molecule has 0 nitrogen and oxygen atoms in total. The van der Waals surface area contributed by atoms with Crippen molar-refractivity contribution in [2.24, 2.45) is 0 Å². The molecular formula is C15H15Cl3Si. The minimum Gasteiger partial charge on any atom is -0.126 e. The highest BCUT2D eigenvalue weighted by Crippen LogP contribution is 2.35. The Morgan fingerprint density at radius 3 is 1.53 bits per heavy atom. The molecule has 0 N–H and O–H groups in total. The van der Waals surface area contributed by atoms with Crippen LogP contribution in [0.2, 0.25) is 6.04 Å². The second-order valence-corrected chi connectivity index (χ2v) is 13.8. The molecule has 0 spiro atoms. The van der Waals surface area contributed by atoms with E-state index in [9.17, 15) is 0 Å². The van der Waals surface area contributed by atoms with Crippen LogP contribution in [0.4, 0.5) is 0 Å². The van der Waals surface area contributed by atoms with Gasteiger partial charge in [-0.15, -0.1) is 33.2 Å². The van der Waals surface area contributed by atoms with Crippen LogP contribution in [0.25, 0.3) is 0 Å². The van der Waals surface area contributed by atoms with E-state index in [2.05, 4.69) is 48.5 Å². The SMILES string of the molecule is Cl[Si](Cl)(Cl)CCC(c1ccccc1)c1ccccc1. The number of rotatable bonds is 5. The molecule has 2 rings (SSSR count). The van der Waals surface area contributed by atoms with E-state index in [-0.39, 0.29) is 0 Å². The maximum absolute atomic E-state index is 6.02. The predicted octanol–water partition coefficient (Wildman–Crippen LogP) is 5.86. The van der Waals surface area contributed by atoms with Crippen LogP contribution in [0.15, 0.2) is 60.7 Å². The topological polar surface area (TPSA) is 0 Å². The molecule has 0 radical (unpaired) electrons. The number of hydrogen-bond donors (Lipinski definition) is 0. The molecule has 0 aliphatic rings. The van der Waals surface area contributed by atoms with E-state index in [1.165, 1.54) is 11.1 Å². The van der Waals surface area contributed by atoms with Crippen LogP contribution in [0.3, 0.4) is 0 Å². The summed E-state index contributed by atoms with van der Waals surface area (Å²) in [5.74, 6) is 0.297. The van der Waals surface area contributed by atoms with Crippen molar-refractivity contribution in [2.45, 2.75) is 18.4 Å². The van der Waals surface area contributed by atoms with Crippen molar-refractivity contribution >= 4 is 39.2 Å². The first-order chi connectivity index (χ1) is 9.06. The molecule has 100 valence electrons. The van der Waals surface area contributed by atoms with Gasteiger partial charge in [-0.25, -0.2) is 0 Å². The fraction of sp³-hybridized carbons (Fsp3) is 0.200. The maximum atomic E-state index is 6.02. The lowest BCUT2D eigenvalue weighted by molar-refractivity contribution is 0.773. The van der Waals surface area contributed by atoms with E-state index < -0.39 is 6.00 Å². The van der Waals surface area contributed by atoms with Gasteiger partial charge in [0.05, 0.1) is 0 Å². The van der Waals surface area contributed by atoms with Gasteiger partial charge in [-0.3, -0.25) is 0 Å². The third-order valence-corrected chi connectivity index (χ3v) is 5.68. The minimum atomic E-state index is -2.57. The molecule has 0 aliphatic heterocycles. The molecule has 19 heavy (non-hydrogen) atoms. The van der Waals surface area contributed by atoms with Crippen molar-refractivity contribution in [3.8, 4) is 0 Å². The fourth-order valence-corrected chi connectivity index (χ4v) is 3.80. The fourth-order valence-electron chi connectivity index (χ4n) is 2.20. The smallest absolute Gasteiger partial charge is 0.126 e. The van der Waals surface area contributed by atoms with Crippen molar-refractivity contribution in [2.75, 3.05) is 0 Å². The van der Waals surface area contributed by atoms with Crippen LogP contribution in [-0.4, -0.2) is 6.00 Å². The molecule has 0 heterocycles. The summed E-state index contributed by atoms with van der Waals surface area (Å²) < 4.78 is 0. The number of hydrogen-bond acceptors (Lipinski definition) is 0. The molecule has 0 atom stereocenters. The van der Waals surface area contributed by atoms with E-state index in [0.29, 0.717) is 12.0 Å². The van der Waals surface area contributed by atoms with Crippen LogP contribution in [0.1, 0.15) is 23.5 Å². The molecule has 0 aliphatic carbocycles. The standard InChI is InChI=1S/C15H15Cl3Si/c16-19(17,18)12-11-15(13-7-3-1-4-8-13)14-9-5-2-6-10-14/h1-10,15H,11-12H2.